The van der Waals surface area contributed by atoms with Crippen molar-refractivity contribution in [2.75, 3.05) is 13.1 Å². The summed E-state index contributed by atoms with van der Waals surface area (Å²) in [6, 6.07) is 1.81. The number of likely N-dealkylation sites (tertiary alicyclic amines) is 1. The maximum absolute atomic E-state index is 12.5. The molecule has 0 aromatic carbocycles. The van der Waals surface area contributed by atoms with Gasteiger partial charge in [-0.05, 0) is 75.7 Å². The van der Waals surface area contributed by atoms with E-state index in [9.17, 15) is 4.79 Å². The van der Waals surface area contributed by atoms with Crippen molar-refractivity contribution in [3.63, 3.8) is 0 Å². The normalized spacial score (nSPS) is 21.3. The molecule has 1 fully saturated rings. The Bertz CT molecular complexity index is 991. The highest BCUT2D eigenvalue weighted by atomic mass is 16.5. The van der Waals surface area contributed by atoms with Gasteiger partial charge < -0.3 is 9.51 Å². The van der Waals surface area contributed by atoms with Crippen molar-refractivity contribution in [1.29, 1.82) is 0 Å². The Morgan fingerprint density at radius 3 is 2.79 bits per heavy atom. The van der Waals surface area contributed by atoms with E-state index in [0.29, 0.717) is 22.7 Å². The summed E-state index contributed by atoms with van der Waals surface area (Å²) in [5.74, 6) is 0.500. The Morgan fingerprint density at radius 2 is 2.00 bits per heavy atom. The van der Waals surface area contributed by atoms with Crippen LogP contribution in [0.5, 0.6) is 0 Å². The summed E-state index contributed by atoms with van der Waals surface area (Å²) in [5, 5.41) is 8.26. The third-order valence-corrected chi connectivity index (χ3v) is 6.20. The van der Waals surface area contributed by atoms with Gasteiger partial charge in [-0.1, -0.05) is 11.6 Å². The molecule has 0 saturated carbocycles. The van der Waals surface area contributed by atoms with Crippen LogP contribution >= 0.6 is 0 Å². The number of carbonyl (C=O) groups is 1. The number of hydrogen-bond acceptors (Lipinski definition) is 5. The minimum atomic E-state index is -0.197. The Balaban J connectivity index is 1.53. The molecule has 0 atom stereocenters. The fraction of sp³-hybridized carbons (Fsp3) is 0.500. The highest BCUT2D eigenvalue weighted by Crippen LogP contribution is 2.31. The number of hydrazone groups is 1. The number of piperidine rings is 1. The number of aryl methyl sites for hydroxylation is 2. The van der Waals surface area contributed by atoms with Crippen molar-refractivity contribution < 1.29 is 9.32 Å². The van der Waals surface area contributed by atoms with E-state index in [0.717, 1.165) is 38.2 Å². The van der Waals surface area contributed by atoms with Gasteiger partial charge in [-0.3, -0.25) is 9.69 Å². The molecule has 4 heterocycles. The summed E-state index contributed by atoms with van der Waals surface area (Å²) in [5.41, 5.74) is 9.45. The van der Waals surface area contributed by atoms with Crippen LogP contribution < -0.4 is 5.43 Å². The molecule has 2 N–H and O–H groups in total. The largest absolute Gasteiger partial charge is 0.361 e. The highest BCUT2D eigenvalue weighted by Gasteiger charge is 2.28. The molecule has 1 saturated heterocycles. The Labute approximate surface area is 170 Å². The molecule has 7 nitrogen and oxygen atoms in total. The standard InChI is InChI=1S/C22H27N5O2/c1-14-11-20(26-29-14)21-16(22(28)25-24-21)12-19-17(13-27-9-5-2-6-10-27)15-7-3-4-8-18(15)23-19/h11-12,23H,2-10,13H2,1H3,(H,25,28)/b16-12+. The molecule has 152 valence electrons. The summed E-state index contributed by atoms with van der Waals surface area (Å²) in [7, 11) is 0. The molecule has 2 aromatic heterocycles. The topological polar surface area (TPSA) is 86.5 Å². The van der Waals surface area contributed by atoms with Crippen molar-refractivity contribution in [1.82, 2.24) is 20.5 Å². The average molecular weight is 393 g/mol. The van der Waals surface area contributed by atoms with E-state index in [1.807, 2.05) is 13.0 Å². The van der Waals surface area contributed by atoms with Crippen LogP contribution in [0.15, 0.2) is 21.3 Å². The summed E-state index contributed by atoms with van der Waals surface area (Å²) >= 11 is 0. The van der Waals surface area contributed by atoms with Gasteiger partial charge in [0.25, 0.3) is 5.91 Å². The third kappa shape index (κ3) is 3.55. The average Bonchev–Trinajstić information content (AvgIpc) is 3.42. The molecule has 2 aromatic rings. The molecule has 29 heavy (non-hydrogen) atoms. The number of nitrogens with one attached hydrogen (secondary N) is 2. The Morgan fingerprint density at radius 1 is 1.17 bits per heavy atom. The second-order valence-corrected chi connectivity index (χ2v) is 8.30. The van der Waals surface area contributed by atoms with E-state index in [1.165, 1.54) is 48.9 Å². The first-order valence-electron chi connectivity index (χ1n) is 10.7. The highest BCUT2D eigenvalue weighted by molar-refractivity contribution is 6.32. The molecule has 0 spiro atoms. The molecular formula is C22H27N5O2. The van der Waals surface area contributed by atoms with Crippen LogP contribution in [-0.2, 0) is 24.2 Å². The van der Waals surface area contributed by atoms with Gasteiger partial charge in [0.1, 0.15) is 17.2 Å². The van der Waals surface area contributed by atoms with E-state index in [4.69, 9.17) is 4.52 Å². The second kappa shape index (κ2) is 7.63. The van der Waals surface area contributed by atoms with E-state index in [2.05, 4.69) is 25.6 Å². The molecule has 3 aliphatic rings. The van der Waals surface area contributed by atoms with Gasteiger partial charge in [0.05, 0.1) is 5.57 Å². The predicted octanol–water partition coefficient (Wildman–Crippen LogP) is 3.09. The first kappa shape index (κ1) is 18.4. The zero-order valence-electron chi connectivity index (χ0n) is 16.9. The minimum absolute atomic E-state index is 0.197. The number of amides is 1. The molecule has 7 heteroatoms. The Hall–Kier alpha value is -2.67. The molecule has 1 amide bonds. The second-order valence-electron chi connectivity index (χ2n) is 8.30. The lowest BCUT2D eigenvalue weighted by atomic mass is 9.93. The number of carbonyl (C=O) groups excluding carboxylic acids is 1. The van der Waals surface area contributed by atoms with E-state index in [1.54, 1.807) is 6.07 Å². The first-order chi connectivity index (χ1) is 14.2. The quantitative estimate of drug-likeness (QED) is 0.782. The molecule has 2 aliphatic heterocycles. The van der Waals surface area contributed by atoms with Crippen LogP contribution in [0.3, 0.4) is 0 Å². The molecule has 1 aliphatic carbocycles. The minimum Gasteiger partial charge on any atom is -0.361 e. The first-order valence-corrected chi connectivity index (χ1v) is 10.7. The van der Waals surface area contributed by atoms with Gasteiger partial charge in [-0.2, -0.15) is 5.10 Å². The number of hydrogen-bond donors (Lipinski definition) is 2. The number of aromatic nitrogens is 2. The maximum atomic E-state index is 12.5. The predicted molar refractivity (Wildman–Crippen MR) is 110 cm³/mol. The van der Waals surface area contributed by atoms with Crippen molar-refractivity contribution in [3.8, 4) is 0 Å². The molecule has 0 radical (unpaired) electrons. The SMILES string of the molecule is Cc1cc(C2=NNC(=O)/C2=C/c2[nH]c3c(c2CN2CCCCC2)CCCC3)no1. The maximum Gasteiger partial charge on any atom is 0.273 e. The summed E-state index contributed by atoms with van der Waals surface area (Å²) < 4.78 is 5.19. The van der Waals surface area contributed by atoms with Crippen molar-refractivity contribution in [3.05, 3.63) is 45.6 Å². The van der Waals surface area contributed by atoms with Crippen LogP contribution in [0.25, 0.3) is 6.08 Å². The Kier molecular flexibility index (Phi) is 4.83. The monoisotopic (exact) mass is 393 g/mol. The van der Waals surface area contributed by atoms with Gasteiger partial charge >= 0.3 is 0 Å². The van der Waals surface area contributed by atoms with Gasteiger partial charge in [-0.15, -0.1) is 0 Å². The lowest BCUT2D eigenvalue weighted by Crippen LogP contribution is -2.29. The number of nitrogens with zero attached hydrogens (tertiary/aromatic N) is 3. The zero-order chi connectivity index (χ0) is 19.8. The fourth-order valence-electron chi connectivity index (χ4n) is 4.71. The lowest BCUT2D eigenvalue weighted by molar-refractivity contribution is -0.116. The molecular weight excluding hydrogens is 366 g/mol. The molecule has 0 unspecified atom stereocenters. The third-order valence-electron chi connectivity index (χ3n) is 6.20. The summed E-state index contributed by atoms with van der Waals surface area (Å²) in [6.07, 6.45) is 10.5. The van der Waals surface area contributed by atoms with Crippen LogP contribution in [0, 0.1) is 6.92 Å². The van der Waals surface area contributed by atoms with Crippen LogP contribution in [-0.4, -0.2) is 39.7 Å². The van der Waals surface area contributed by atoms with Crippen molar-refractivity contribution in [2.24, 2.45) is 5.10 Å². The van der Waals surface area contributed by atoms with Crippen LogP contribution in [0.2, 0.25) is 0 Å². The van der Waals surface area contributed by atoms with E-state index >= 15 is 0 Å². The van der Waals surface area contributed by atoms with Crippen molar-refractivity contribution >= 4 is 17.7 Å². The number of aromatic amines is 1. The van der Waals surface area contributed by atoms with Gasteiger partial charge in [0.2, 0.25) is 0 Å². The van der Waals surface area contributed by atoms with E-state index < -0.39 is 0 Å². The number of H-pyrrole nitrogens is 1. The fourth-order valence-corrected chi connectivity index (χ4v) is 4.71. The zero-order valence-corrected chi connectivity index (χ0v) is 16.9. The van der Waals surface area contributed by atoms with Gasteiger partial charge in [0.15, 0.2) is 0 Å². The lowest BCUT2D eigenvalue weighted by Gasteiger charge is -2.27. The summed E-state index contributed by atoms with van der Waals surface area (Å²) in [6.45, 7) is 5.09. The summed E-state index contributed by atoms with van der Waals surface area (Å²) in [4.78, 5) is 18.7. The van der Waals surface area contributed by atoms with E-state index in [-0.39, 0.29) is 5.91 Å². The molecule has 0 bridgehead atoms. The van der Waals surface area contributed by atoms with Crippen LogP contribution in [0.1, 0.15) is 66.1 Å². The molecule has 5 rings (SSSR count). The van der Waals surface area contributed by atoms with Crippen molar-refractivity contribution in [2.45, 2.75) is 58.4 Å². The number of fused-ring (bicyclic) bond motifs is 1. The van der Waals surface area contributed by atoms with Gasteiger partial charge in [-0.25, -0.2) is 5.43 Å². The van der Waals surface area contributed by atoms with Gasteiger partial charge in [0, 0.05) is 24.0 Å². The number of rotatable bonds is 4. The smallest absolute Gasteiger partial charge is 0.273 e. The van der Waals surface area contributed by atoms with Crippen LogP contribution in [0.4, 0.5) is 0 Å².